The number of hydrogen-bond donors (Lipinski definition) is 1. The van der Waals surface area contributed by atoms with Crippen LogP contribution < -0.4 is 0 Å². The van der Waals surface area contributed by atoms with Crippen LogP contribution in [0, 0.1) is 0 Å². The molecule has 0 saturated carbocycles. The Morgan fingerprint density at radius 1 is 1.44 bits per heavy atom. The number of esters is 1. The second-order valence-corrected chi connectivity index (χ2v) is 6.82. The first-order valence-electron chi connectivity index (χ1n) is 8.27. The van der Waals surface area contributed by atoms with Gasteiger partial charge in [-0.05, 0) is 44.0 Å². The molecule has 1 aromatic carbocycles. The summed E-state index contributed by atoms with van der Waals surface area (Å²) in [6.07, 6.45) is 2.03. The Morgan fingerprint density at radius 2 is 2.28 bits per heavy atom. The van der Waals surface area contributed by atoms with Crippen molar-refractivity contribution >= 4 is 23.3 Å². The molecular formula is C18H20N2O4S. The molecular weight excluding hydrogens is 340 g/mol. The minimum atomic E-state index is -0.918. The van der Waals surface area contributed by atoms with Crippen molar-refractivity contribution in [2.24, 2.45) is 0 Å². The fourth-order valence-corrected chi connectivity index (χ4v) is 4.03. The van der Waals surface area contributed by atoms with E-state index >= 15 is 0 Å². The monoisotopic (exact) mass is 360 g/mol. The molecule has 1 saturated heterocycles. The van der Waals surface area contributed by atoms with Gasteiger partial charge in [0.1, 0.15) is 5.01 Å². The van der Waals surface area contributed by atoms with Crippen molar-refractivity contribution in [2.75, 3.05) is 13.2 Å². The number of nitrogens with zero attached hydrogens (tertiary/aromatic N) is 2. The molecule has 1 unspecified atom stereocenters. The van der Waals surface area contributed by atoms with Crippen molar-refractivity contribution in [3.8, 4) is 0 Å². The first kappa shape index (κ1) is 17.6. The van der Waals surface area contributed by atoms with Gasteiger partial charge < -0.3 is 9.84 Å². The van der Waals surface area contributed by atoms with E-state index in [0.29, 0.717) is 24.4 Å². The Morgan fingerprint density at radius 3 is 3.04 bits per heavy atom. The van der Waals surface area contributed by atoms with Crippen LogP contribution in [-0.2, 0) is 11.3 Å². The summed E-state index contributed by atoms with van der Waals surface area (Å²) in [6, 6.07) is 7.17. The average molecular weight is 360 g/mol. The minimum Gasteiger partial charge on any atom is -0.478 e. The molecule has 1 N–H and O–H groups in total. The molecule has 0 radical (unpaired) electrons. The molecule has 3 rings (SSSR count). The van der Waals surface area contributed by atoms with Gasteiger partial charge in [0.05, 0.1) is 18.2 Å². The lowest BCUT2D eigenvalue weighted by atomic mass is 10.1. The van der Waals surface area contributed by atoms with Crippen molar-refractivity contribution in [2.45, 2.75) is 32.4 Å². The second kappa shape index (κ2) is 7.76. The first-order chi connectivity index (χ1) is 12.1. The number of aromatic carboxylic acids is 1. The lowest BCUT2D eigenvalue weighted by Crippen LogP contribution is -2.23. The molecule has 25 heavy (non-hydrogen) atoms. The Bertz CT molecular complexity index is 774. The van der Waals surface area contributed by atoms with E-state index in [1.807, 2.05) is 6.07 Å². The Hall–Kier alpha value is -2.25. The van der Waals surface area contributed by atoms with Gasteiger partial charge in [-0.3, -0.25) is 4.90 Å². The summed E-state index contributed by atoms with van der Waals surface area (Å²) in [4.78, 5) is 29.7. The molecule has 1 aliphatic heterocycles. The highest BCUT2D eigenvalue weighted by atomic mass is 32.1. The van der Waals surface area contributed by atoms with E-state index in [4.69, 9.17) is 9.84 Å². The summed E-state index contributed by atoms with van der Waals surface area (Å²) in [5.41, 5.74) is 1.63. The quantitative estimate of drug-likeness (QED) is 0.796. The normalized spacial score (nSPS) is 17.6. The molecule has 2 heterocycles. The summed E-state index contributed by atoms with van der Waals surface area (Å²) in [5.74, 6) is -1.30. The van der Waals surface area contributed by atoms with Crippen LogP contribution in [0.25, 0.3) is 0 Å². The molecule has 0 bridgehead atoms. The van der Waals surface area contributed by atoms with Crippen LogP contribution in [0.3, 0.4) is 0 Å². The predicted octanol–water partition coefficient (Wildman–Crippen LogP) is 3.36. The van der Waals surface area contributed by atoms with Gasteiger partial charge >= 0.3 is 11.9 Å². The molecule has 7 heteroatoms. The highest BCUT2D eigenvalue weighted by Crippen LogP contribution is 2.35. The van der Waals surface area contributed by atoms with Crippen LogP contribution in [-0.4, -0.2) is 40.1 Å². The zero-order chi connectivity index (χ0) is 17.8. The summed E-state index contributed by atoms with van der Waals surface area (Å²) in [5, 5.41) is 11.8. The zero-order valence-electron chi connectivity index (χ0n) is 14.0. The van der Waals surface area contributed by atoms with E-state index in [9.17, 15) is 9.59 Å². The number of carboxylic acid groups (broad SMARTS) is 1. The van der Waals surface area contributed by atoms with Crippen LogP contribution in [0.15, 0.2) is 29.6 Å². The van der Waals surface area contributed by atoms with E-state index in [1.165, 1.54) is 11.3 Å². The van der Waals surface area contributed by atoms with Crippen molar-refractivity contribution < 1.29 is 19.4 Å². The highest BCUT2D eigenvalue weighted by Gasteiger charge is 2.29. The number of ether oxygens (including phenoxy) is 1. The molecule has 6 nitrogen and oxygen atoms in total. The van der Waals surface area contributed by atoms with Crippen LogP contribution in [0.5, 0.6) is 0 Å². The molecule has 2 aromatic rings. The smallest absolute Gasteiger partial charge is 0.357 e. The van der Waals surface area contributed by atoms with Crippen LogP contribution in [0.2, 0.25) is 0 Å². The lowest BCUT2D eigenvalue weighted by molar-refractivity contribution is 0.0519. The SMILES string of the molecule is CCOC(=O)c1csc(C2CCCN2Cc2cccc(C(=O)O)c2)n1. The number of carbonyl (C=O) groups is 2. The van der Waals surface area contributed by atoms with E-state index in [-0.39, 0.29) is 12.0 Å². The molecule has 1 aromatic heterocycles. The third kappa shape index (κ3) is 4.05. The Balaban J connectivity index is 1.74. The highest BCUT2D eigenvalue weighted by molar-refractivity contribution is 7.09. The van der Waals surface area contributed by atoms with Gasteiger partial charge in [0.2, 0.25) is 0 Å². The number of aromatic nitrogens is 1. The van der Waals surface area contributed by atoms with E-state index in [0.717, 1.165) is 30.0 Å². The maximum absolute atomic E-state index is 11.8. The van der Waals surface area contributed by atoms with E-state index < -0.39 is 5.97 Å². The molecule has 0 spiro atoms. The summed E-state index contributed by atoms with van der Waals surface area (Å²) >= 11 is 1.48. The zero-order valence-corrected chi connectivity index (χ0v) is 14.8. The van der Waals surface area contributed by atoms with Crippen molar-refractivity contribution in [1.29, 1.82) is 0 Å². The van der Waals surface area contributed by atoms with Gasteiger partial charge in [-0.25, -0.2) is 14.6 Å². The first-order valence-corrected chi connectivity index (χ1v) is 9.15. The van der Waals surface area contributed by atoms with E-state index in [1.54, 1.807) is 30.5 Å². The van der Waals surface area contributed by atoms with Crippen molar-refractivity contribution in [1.82, 2.24) is 9.88 Å². The maximum atomic E-state index is 11.8. The van der Waals surface area contributed by atoms with Gasteiger partial charge in [-0.15, -0.1) is 11.3 Å². The number of rotatable bonds is 6. The molecule has 1 atom stereocenters. The third-order valence-electron chi connectivity index (χ3n) is 4.21. The fraction of sp³-hybridized carbons (Fsp3) is 0.389. The number of benzene rings is 1. The predicted molar refractivity (Wildman–Crippen MR) is 93.9 cm³/mol. The van der Waals surface area contributed by atoms with Crippen LogP contribution in [0.4, 0.5) is 0 Å². The molecule has 0 amide bonds. The standard InChI is InChI=1S/C18H20N2O4S/c1-2-24-18(23)14-11-25-16(19-14)15-7-4-8-20(15)10-12-5-3-6-13(9-12)17(21)22/h3,5-6,9,11,15H,2,4,7-8,10H2,1H3,(H,21,22). The van der Waals surface area contributed by atoms with Crippen molar-refractivity contribution in [3.05, 3.63) is 51.5 Å². The van der Waals surface area contributed by atoms with Gasteiger partial charge in [0, 0.05) is 11.9 Å². The molecule has 0 aliphatic carbocycles. The van der Waals surface area contributed by atoms with Gasteiger partial charge in [0.25, 0.3) is 0 Å². The number of thiazole rings is 1. The summed E-state index contributed by atoms with van der Waals surface area (Å²) in [7, 11) is 0. The largest absolute Gasteiger partial charge is 0.478 e. The number of carboxylic acids is 1. The van der Waals surface area contributed by atoms with Crippen LogP contribution >= 0.6 is 11.3 Å². The van der Waals surface area contributed by atoms with Crippen LogP contribution in [0.1, 0.15) is 57.2 Å². The third-order valence-corrected chi connectivity index (χ3v) is 5.16. The Kier molecular flexibility index (Phi) is 5.45. The Labute approximate surface area is 150 Å². The number of hydrogen-bond acceptors (Lipinski definition) is 6. The average Bonchev–Trinajstić information content (AvgIpc) is 3.24. The topological polar surface area (TPSA) is 79.7 Å². The van der Waals surface area contributed by atoms with Gasteiger partial charge in [0.15, 0.2) is 5.69 Å². The number of carbonyl (C=O) groups excluding carboxylic acids is 1. The van der Waals surface area contributed by atoms with E-state index in [2.05, 4.69) is 9.88 Å². The fourth-order valence-electron chi connectivity index (χ4n) is 3.07. The number of likely N-dealkylation sites (tertiary alicyclic amines) is 1. The minimum absolute atomic E-state index is 0.154. The van der Waals surface area contributed by atoms with Gasteiger partial charge in [-0.2, -0.15) is 0 Å². The maximum Gasteiger partial charge on any atom is 0.357 e. The summed E-state index contributed by atoms with van der Waals surface area (Å²) in [6.45, 7) is 3.70. The van der Waals surface area contributed by atoms with Crippen molar-refractivity contribution in [3.63, 3.8) is 0 Å². The molecule has 1 fully saturated rings. The molecule has 1 aliphatic rings. The molecule has 132 valence electrons. The summed E-state index contributed by atoms with van der Waals surface area (Å²) < 4.78 is 5.00. The lowest BCUT2D eigenvalue weighted by Gasteiger charge is -2.22. The second-order valence-electron chi connectivity index (χ2n) is 5.93. The van der Waals surface area contributed by atoms with Gasteiger partial charge in [-0.1, -0.05) is 12.1 Å².